The summed E-state index contributed by atoms with van der Waals surface area (Å²) < 4.78 is 5.47. The molecule has 1 aliphatic carbocycles. The number of anilines is 1. The normalized spacial score (nSPS) is 17.5. The number of hydrogen-bond donors (Lipinski definition) is 0. The smallest absolute Gasteiger partial charge is 0.274 e. The lowest BCUT2D eigenvalue weighted by atomic mass is 10.1. The minimum absolute atomic E-state index is 0.0822. The second-order valence-electron chi connectivity index (χ2n) is 7.71. The Morgan fingerprint density at radius 1 is 1.00 bits per heavy atom. The maximum atomic E-state index is 12.5. The van der Waals surface area contributed by atoms with Crippen molar-refractivity contribution in [2.45, 2.75) is 31.6 Å². The Morgan fingerprint density at radius 2 is 1.83 bits per heavy atom. The van der Waals surface area contributed by atoms with Crippen LogP contribution in [-0.2, 0) is 0 Å². The summed E-state index contributed by atoms with van der Waals surface area (Å²) in [6.45, 7) is 2.67. The lowest BCUT2D eigenvalue weighted by molar-refractivity contribution is 0.0740. The van der Waals surface area contributed by atoms with Crippen LogP contribution in [0.25, 0.3) is 11.4 Å². The summed E-state index contributed by atoms with van der Waals surface area (Å²) >= 11 is 0. The van der Waals surface area contributed by atoms with Gasteiger partial charge in [-0.1, -0.05) is 18.0 Å². The number of rotatable bonds is 4. The van der Waals surface area contributed by atoms with E-state index in [2.05, 4.69) is 30.0 Å². The fourth-order valence-corrected chi connectivity index (χ4v) is 4.11. The van der Waals surface area contributed by atoms with Gasteiger partial charge in [-0.25, -0.2) is 9.97 Å². The summed E-state index contributed by atoms with van der Waals surface area (Å²) in [6.07, 6.45) is 11.1. The average molecular weight is 405 g/mol. The van der Waals surface area contributed by atoms with Crippen LogP contribution in [0.1, 0.15) is 48.0 Å². The van der Waals surface area contributed by atoms with Crippen molar-refractivity contribution in [2.75, 3.05) is 31.1 Å². The van der Waals surface area contributed by atoms with Crippen molar-refractivity contribution in [3.8, 4) is 11.4 Å². The number of pyridine rings is 1. The molecular formula is C21H23N7O2. The molecule has 0 unspecified atom stereocenters. The number of aromatic nitrogens is 5. The van der Waals surface area contributed by atoms with Crippen LogP contribution in [0.3, 0.4) is 0 Å². The molecule has 0 atom stereocenters. The number of hydrogen-bond acceptors (Lipinski definition) is 8. The number of amides is 1. The van der Waals surface area contributed by atoms with Gasteiger partial charge in [0.25, 0.3) is 5.91 Å². The highest BCUT2D eigenvalue weighted by Crippen LogP contribution is 2.33. The van der Waals surface area contributed by atoms with Gasteiger partial charge in [0, 0.05) is 56.3 Å². The quantitative estimate of drug-likeness (QED) is 0.653. The van der Waals surface area contributed by atoms with Gasteiger partial charge in [-0.15, -0.1) is 0 Å². The van der Waals surface area contributed by atoms with E-state index >= 15 is 0 Å². The third kappa shape index (κ3) is 3.74. The standard InChI is InChI=1S/C21H23N7O2/c29-21(17-14-22-7-8-23-17)28-11-9-27(10-12-28)18-6-5-16(13-24-18)19-25-20(30-26-19)15-3-1-2-4-15/h5-8,13-15H,1-4,9-12H2. The van der Waals surface area contributed by atoms with Crippen molar-refractivity contribution >= 4 is 11.7 Å². The summed E-state index contributed by atoms with van der Waals surface area (Å²) in [7, 11) is 0. The summed E-state index contributed by atoms with van der Waals surface area (Å²) in [5.41, 5.74) is 1.23. The zero-order valence-electron chi connectivity index (χ0n) is 16.6. The van der Waals surface area contributed by atoms with Gasteiger partial charge in [-0.05, 0) is 25.0 Å². The highest BCUT2D eigenvalue weighted by atomic mass is 16.5. The Labute approximate surface area is 174 Å². The first-order chi connectivity index (χ1) is 14.8. The van der Waals surface area contributed by atoms with Gasteiger partial charge in [-0.3, -0.25) is 9.78 Å². The molecule has 9 heteroatoms. The Morgan fingerprint density at radius 3 is 2.53 bits per heavy atom. The van der Waals surface area contributed by atoms with E-state index in [1.807, 2.05) is 12.1 Å². The van der Waals surface area contributed by atoms with Crippen LogP contribution in [0.2, 0.25) is 0 Å². The minimum atomic E-state index is -0.0822. The molecule has 30 heavy (non-hydrogen) atoms. The predicted octanol–water partition coefficient (Wildman–Crippen LogP) is 2.54. The molecule has 4 heterocycles. The molecule has 3 aromatic rings. The van der Waals surface area contributed by atoms with Crippen molar-refractivity contribution in [3.63, 3.8) is 0 Å². The number of nitrogens with zero attached hydrogens (tertiary/aromatic N) is 7. The highest BCUT2D eigenvalue weighted by Gasteiger charge is 2.25. The zero-order valence-corrected chi connectivity index (χ0v) is 16.6. The van der Waals surface area contributed by atoms with E-state index in [1.54, 1.807) is 17.3 Å². The van der Waals surface area contributed by atoms with Crippen LogP contribution in [0, 0.1) is 0 Å². The van der Waals surface area contributed by atoms with Crippen LogP contribution >= 0.6 is 0 Å². The first-order valence-electron chi connectivity index (χ1n) is 10.4. The summed E-state index contributed by atoms with van der Waals surface area (Å²) in [6, 6.07) is 3.95. The van der Waals surface area contributed by atoms with Gasteiger partial charge < -0.3 is 14.3 Å². The van der Waals surface area contributed by atoms with Crippen LogP contribution in [0.15, 0.2) is 41.4 Å². The third-order valence-electron chi connectivity index (χ3n) is 5.83. The number of carbonyl (C=O) groups is 1. The fraction of sp³-hybridized carbons (Fsp3) is 0.429. The van der Waals surface area contributed by atoms with E-state index in [4.69, 9.17) is 4.52 Å². The molecule has 0 radical (unpaired) electrons. The van der Waals surface area contributed by atoms with E-state index in [1.165, 1.54) is 25.2 Å². The van der Waals surface area contributed by atoms with Gasteiger partial charge in [0.1, 0.15) is 11.5 Å². The predicted molar refractivity (Wildman–Crippen MR) is 109 cm³/mol. The minimum Gasteiger partial charge on any atom is -0.353 e. The molecule has 9 nitrogen and oxygen atoms in total. The molecule has 1 aliphatic heterocycles. The van der Waals surface area contributed by atoms with Crippen molar-refractivity contribution < 1.29 is 9.32 Å². The second kappa shape index (κ2) is 8.17. The maximum absolute atomic E-state index is 12.5. The Hall–Kier alpha value is -3.36. The molecule has 5 rings (SSSR count). The molecule has 3 aromatic heterocycles. The van der Waals surface area contributed by atoms with E-state index in [9.17, 15) is 4.79 Å². The van der Waals surface area contributed by atoms with Crippen molar-refractivity contribution in [1.29, 1.82) is 0 Å². The van der Waals surface area contributed by atoms with E-state index in [0.717, 1.165) is 30.1 Å². The Kier molecular flexibility index (Phi) is 5.08. The molecule has 0 aromatic carbocycles. The van der Waals surface area contributed by atoms with Crippen LogP contribution in [-0.4, -0.2) is 62.1 Å². The van der Waals surface area contributed by atoms with E-state index in [-0.39, 0.29) is 5.91 Å². The first kappa shape index (κ1) is 18.7. The SMILES string of the molecule is O=C(c1cnccn1)N1CCN(c2ccc(-c3noc(C4CCCC4)n3)cn2)CC1. The topological polar surface area (TPSA) is 101 Å². The zero-order chi connectivity index (χ0) is 20.3. The lowest BCUT2D eigenvalue weighted by Crippen LogP contribution is -2.49. The molecule has 2 aliphatic rings. The molecule has 1 saturated carbocycles. The molecule has 154 valence electrons. The van der Waals surface area contributed by atoms with Gasteiger partial charge in [0.05, 0.1) is 6.20 Å². The Balaban J connectivity index is 1.21. The van der Waals surface area contributed by atoms with Gasteiger partial charge in [-0.2, -0.15) is 4.98 Å². The molecule has 1 amide bonds. The molecule has 0 N–H and O–H groups in total. The molecule has 0 spiro atoms. The monoisotopic (exact) mass is 405 g/mol. The first-order valence-corrected chi connectivity index (χ1v) is 10.4. The van der Waals surface area contributed by atoms with Gasteiger partial charge >= 0.3 is 0 Å². The highest BCUT2D eigenvalue weighted by molar-refractivity contribution is 5.92. The van der Waals surface area contributed by atoms with Gasteiger partial charge in [0.15, 0.2) is 0 Å². The molecule has 2 fully saturated rings. The van der Waals surface area contributed by atoms with Crippen molar-refractivity contribution in [2.24, 2.45) is 0 Å². The van der Waals surface area contributed by atoms with Crippen molar-refractivity contribution in [1.82, 2.24) is 30.0 Å². The van der Waals surface area contributed by atoms with E-state index in [0.29, 0.717) is 43.6 Å². The van der Waals surface area contributed by atoms with Crippen LogP contribution in [0.4, 0.5) is 5.82 Å². The largest absolute Gasteiger partial charge is 0.353 e. The van der Waals surface area contributed by atoms with E-state index < -0.39 is 0 Å². The molecule has 0 bridgehead atoms. The lowest BCUT2D eigenvalue weighted by Gasteiger charge is -2.35. The second-order valence-corrected chi connectivity index (χ2v) is 7.71. The van der Waals surface area contributed by atoms with Crippen LogP contribution < -0.4 is 4.90 Å². The fourth-order valence-electron chi connectivity index (χ4n) is 4.11. The summed E-state index contributed by atoms with van der Waals surface area (Å²) in [5.74, 6) is 2.54. The molecule has 1 saturated heterocycles. The van der Waals surface area contributed by atoms with Crippen molar-refractivity contribution in [3.05, 3.63) is 48.5 Å². The molecular weight excluding hydrogens is 382 g/mol. The maximum Gasteiger partial charge on any atom is 0.274 e. The van der Waals surface area contributed by atoms with Gasteiger partial charge in [0.2, 0.25) is 11.7 Å². The number of piperazine rings is 1. The third-order valence-corrected chi connectivity index (χ3v) is 5.83. The summed E-state index contributed by atoms with van der Waals surface area (Å²) in [4.78, 5) is 33.7. The summed E-state index contributed by atoms with van der Waals surface area (Å²) in [5, 5.41) is 4.14. The number of carbonyl (C=O) groups excluding carboxylic acids is 1. The van der Waals surface area contributed by atoms with Crippen LogP contribution in [0.5, 0.6) is 0 Å². The Bertz CT molecular complexity index is 992. The average Bonchev–Trinajstić information content (AvgIpc) is 3.52.